The molecule has 0 saturated heterocycles. The minimum Gasteiger partial charge on any atom is -0.458 e. The van der Waals surface area contributed by atoms with Gasteiger partial charge in [-0.05, 0) is 32.5 Å². The van der Waals surface area contributed by atoms with Crippen LogP contribution in [0.5, 0.6) is 0 Å². The van der Waals surface area contributed by atoms with Crippen molar-refractivity contribution in [1.82, 2.24) is 5.32 Å². The quantitative estimate of drug-likeness (QED) is 0.863. The fourth-order valence-electron chi connectivity index (χ4n) is 2.38. The van der Waals surface area contributed by atoms with Crippen LogP contribution in [0.15, 0.2) is 28.7 Å². The van der Waals surface area contributed by atoms with Crippen LogP contribution in [0.3, 0.4) is 0 Å². The zero-order valence-corrected chi connectivity index (χ0v) is 12.3. The highest BCUT2D eigenvalue weighted by Crippen LogP contribution is 2.31. The zero-order chi connectivity index (χ0) is 13.8. The maximum atomic E-state index is 6.15. The van der Waals surface area contributed by atoms with Crippen molar-refractivity contribution in [3.8, 4) is 0 Å². The van der Waals surface area contributed by atoms with E-state index in [4.69, 9.17) is 20.8 Å². The van der Waals surface area contributed by atoms with E-state index in [2.05, 4.69) is 12.2 Å². The minimum absolute atomic E-state index is 0.0356. The summed E-state index contributed by atoms with van der Waals surface area (Å²) in [5.74, 6) is 0.867. The summed E-state index contributed by atoms with van der Waals surface area (Å²) in [6.45, 7) is 4.81. The molecule has 0 aliphatic rings. The Hall–Kier alpha value is -1.03. The number of para-hydroxylation sites is 1. The van der Waals surface area contributed by atoms with Crippen LogP contribution in [0.2, 0.25) is 5.02 Å². The number of benzene rings is 1. The molecule has 0 bridgehead atoms. The van der Waals surface area contributed by atoms with Crippen molar-refractivity contribution in [2.24, 2.45) is 0 Å². The first kappa shape index (κ1) is 14.4. The van der Waals surface area contributed by atoms with E-state index >= 15 is 0 Å². The van der Waals surface area contributed by atoms with Gasteiger partial charge in [0.05, 0.1) is 17.2 Å². The van der Waals surface area contributed by atoms with Gasteiger partial charge in [-0.25, -0.2) is 0 Å². The Morgan fingerprint density at radius 2 is 2.16 bits per heavy atom. The van der Waals surface area contributed by atoms with Gasteiger partial charge in [0.1, 0.15) is 5.76 Å². The standard InChI is InChI=1S/C15H20ClNO2/c1-4-12(18-5-2)14(17-3)13-9-10-7-6-8-11(16)15(10)19-13/h6-9,12,14,17H,4-5H2,1-3H3. The molecule has 0 fully saturated rings. The zero-order valence-electron chi connectivity index (χ0n) is 11.6. The third kappa shape index (κ3) is 2.94. The summed E-state index contributed by atoms with van der Waals surface area (Å²) in [5, 5.41) is 4.94. The molecule has 0 amide bonds. The first-order valence-electron chi connectivity index (χ1n) is 6.68. The van der Waals surface area contributed by atoms with Gasteiger partial charge in [0.15, 0.2) is 5.58 Å². The van der Waals surface area contributed by atoms with Gasteiger partial charge in [-0.15, -0.1) is 0 Å². The Bertz CT molecular complexity index is 538. The predicted octanol–water partition coefficient (Wildman–Crippen LogP) is 4.16. The molecule has 0 aliphatic carbocycles. The SMILES string of the molecule is CCOC(CC)C(NC)c1cc2cccc(Cl)c2o1. The molecule has 3 nitrogen and oxygen atoms in total. The number of halogens is 1. The molecule has 2 atom stereocenters. The average Bonchev–Trinajstić information content (AvgIpc) is 2.84. The summed E-state index contributed by atoms with van der Waals surface area (Å²) in [5.41, 5.74) is 0.741. The topological polar surface area (TPSA) is 34.4 Å². The van der Waals surface area contributed by atoms with Crippen molar-refractivity contribution in [2.45, 2.75) is 32.4 Å². The summed E-state index contributed by atoms with van der Waals surface area (Å²) in [6.07, 6.45) is 1.01. The van der Waals surface area contributed by atoms with Crippen LogP contribution in [0.25, 0.3) is 11.0 Å². The van der Waals surface area contributed by atoms with E-state index in [9.17, 15) is 0 Å². The number of likely N-dealkylation sites (N-methyl/N-ethyl adjacent to an activating group) is 1. The van der Waals surface area contributed by atoms with Crippen molar-refractivity contribution < 1.29 is 9.15 Å². The predicted molar refractivity (Wildman–Crippen MR) is 78.7 cm³/mol. The average molecular weight is 282 g/mol. The molecular formula is C15H20ClNO2. The first-order valence-corrected chi connectivity index (χ1v) is 7.05. The number of rotatable bonds is 6. The van der Waals surface area contributed by atoms with Crippen LogP contribution in [0.4, 0.5) is 0 Å². The van der Waals surface area contributed by atoms with Gasteiger partial charge in [-0.1, -0.05) is 30.7 Å². The van der Waals surface area contributed by atoms with Crippen molar-refractivity contribution >= 4 is 22.6 Å². The number of ether oxygens (including phenoxy) is 1. The lowest BCUT2D eigenvalue weighted by Crippen LogP contribution is -2.31. The molecule has 2 rings (SSSR count). The Balaban J connectivity index is 2.37. The minimum atomic E-state index is 0.0356. The molecule has 0 spiro atoms. The molecule has 1 aromatic heterocycles. The third-order valence-corrected chi connectivity index (χ3v) is 3.59. The second kappa shape index (κ2) is 6.42. The molecule has 2 unspecified atom stereocenters. The lowest BCUT2D eigenvalue weighted by Gasteiger charge is -2.23. The van der Waals surface area contributed by atoms with E-state index in [1.165, 1.54) is 0 Å². The van der Waals surface area contributed by atoms with Crippen LogP contribution in [0, 0.1) is 0 Å². The second-order valence-electron chi connectivity index (χ2n) is 4.48. The van der Waals surface area contributed by atoms with Crippen molar-refractivity contribution in [1.29, 1.82) is 0 Å². The highest BCUT2D eigenvalue weighted by Gasteiger charge is 2.24. The van der Waals surface area contributed by atoms with Gasteiger partial charge in [0.2, 0.25) is 0 Å². The fraction of sp³-hybridized carbons (Fsp3) is 0.467. The van der Waals surface area contributed by atoms with E-state index in [0.717, 1.165) is 23.2 Å². The second-order valence-corrected chi connectivity index (χ2v) is 4.88. The lowest BCUT2D eigenvalue weighted by atomic mass is 10.1. The van der Waals surface area contributed by atoms with E-state index < -0.39 is 0 Å². The monoisotopic (exact) mass is 281 g/mol. The summed E-state index contributed by atoms with van der Waals surface area (Å²) >= 11 is 6.15. The number of hydrogen-bond donors (Lipinski definition) is 1. The molecule has 1 N–H and O–H groups in total. The summed E-state index contributed by atoms with van der Waals surface area (Å²) in [7, 11) is 1.92. The Morgan fingerprint density at radius 1 is 1.37 bits per heavy atom. The number of furan rings is 1. The van der Waals surface area contributed by atoms with Gasteiger partial charge < -0.3 is 14.5 Å². The Kier molecular flexibility index (Phi) is 4.86. The van der Waals surface area contributed by atoms with Crippen molar-refractivity contribution in [3.63, 3.8) is 0 Å². The normalized spacial score (nSPS) is 14.7. The summed E-state index contributed by atoms with van der Waals surface area (Å²) in [4.78, 5) is 0. The smallest absolute Gasteiger partial charge is 0.152 e. The number of hydrogen-bond acceptors (Lipinski definition) is 3. The van der Waals surface area contributed by atoms with Crippen LogP contribution < -0.4 is 5.32 Å². The van der Waals surface area contributed by atoms with Gasteiger partial charge in [0.25, 0.3) is 0 Å². The van der Waals surface area contributed by atoms with Crippen molar-refractivity contribution in [3.05, 3.63) is 35.0 Å². The molecule has 104 valence electrons. The van der Waals surface area contributed by atoms with Gasteiger partial charge in [-0.2, -0.15) is 0 Å². The molecule has 0 saturated carbocycles. The highest BCUT2D eigenvalue weighted by atomic mass is 35.5. The van der Waals surface area contributed by atoms with Gasteiger partial charge in [0, 0.05) is 12.0 Å². The summed E-state index contributed by atoms with van der Waals surface area (Å²) < 4.78 is 11.7. The van der Waals surface area contributed by atoms with Crippen LogP contribution in [-0.4, -0.2) is 19.8 Å². The van der Waals surface area contributed by atoms with E-state index in [1.54, 1.807) is 0 Å². The van der Waals surface area contributed by atoms with E-state index in [-0.39, 0.29) is 12.1 Å². The summed E-state index contributed by atoms with van der Waals surface area (Å²) in [6, 6.07) is 7.84. The number of nitrogens with one attached hydrogen (secondary N) is 1. The number of fused-ring (bicyclic) bond motifs is 1. The molecule has 4 heteroatoms. The molecule has 0 radical (unpaired) electrons. The highest BCUT2D eigenvalue weighted by molar-refractivity contribution is 6.34. The van der Waals surface area contributed by atoms with Gasteiger partial charge >= 0.3 is 0 Å². The Morgan fingerprint density at radius 3 is 2.74 bits per heavy atom. The largest absolute Gasteiger partial charge is 0.458 e. The van der Waals surface area contributed by atoms with E-state index in [0.29, 0.717) is 11.6 Å². The Labute approximate surface area is 118 Å². The molecular weight excluding hydrogens is 262 g/mol. The van der Waals surface area contributed by atoms with Crippen LogP contribution in [-0.2, 0) is 4.74 Å². The molecule has 2 aromatic rings. The maximum absolute atomic E-state index is 6.15. The fourth-order valence-corrected chi connectivity index (χ4v) is 2.60. The lowest BCUT2D eigenvalue weighted by molar-refractivity contribution is 0.0283. The molecule has 1 aromatic carbocycles. The third-order valence-electron chi connectivity index (χ3n) is 3.29. The van der Waals surface area contributed by atoms with Crippen LogP contribution >= 0.6 is 11.6 Å². The molecule has 1 heterocycles. The van der Waals surface area contributed by atoms with Crippen LogP contribution in [0.1, 0.15) is 32.1 Å². The first-order chi connectivity index (χ1) is 9.21. The van der Waals surface area contributed by atoms with Crippen molar-refractivity contribution in [2.75, 3.05) is 13.7 Å². The maximum Gasteiger partial charge on any atom is 0.152 e. The van der Waals surface area contributed by atoms with E-state index in [1.807, 2.05) is 38.2 Å². The van der Waals surface area contributed by atoms with Gasteiger partial charge in [-0.3, -0.25) is 0 Å². The molecule has 0 aliphatic heterocycles. The molecule has 19 heavy (non-hydrogen) atoms.